The van der Waals surface area contributed by atoms with E-state index in [2.05, 4.69) is 47.8 Å². The Morgan fingerprint density at radius 2 is 1.53 bits per heavy atom. The van der Waals surface area contributed by atoms with Crippen molar-refractivity contribution in [1.82, 2.24) is 4.98 Å². The molecule has 1 aromatic heterocycles. The minimum Gasteiger partial charge on any atom is -0.399 e. The van der Waals surface area contributed by atoms with Gasteiger partial charge in [0.1, 0.15) is 5.82 Å². The summed E-state index contributed by atoms with van der Waals surface area (Å²) in [4.78, 5) is 5.03. The van der Waals surface area contributed by atoms with Crippen molar-refractivity contribution in [3.05, 3.63) is 113 Å². The number of nitrogen functional groups attached to an aromatic ring is 1. The van der Waals surface area contributed by atoms with E-state index in [1.54, 1.807) is 12.1 Å². The normalized spacial score (nSPS) is 14.4. The number of allylic oxidation sites excluding steroid dienone is 1. The first-order valence-electron chi connectivity index (χ1n) is 15.8. The molecule has 3 nitrogen and oxygen atoms in total. The monoisotopic (exact) mass is 611 g/mol. The van der Waals surface area contributed by atoms with Crippen LogP contribution in [0, 0.1) is 5.82 Å². The average molecular weight is 612 g/mol. The maximum atomic E-state index is 14.4. The number of nitrogens with zero attached hydrogens (tertiary/aromatic N) is 1. The van der Waals surface area contributed by atoms with Gasteiger partial charge in [0.2, 0.25) is 0 Å². The number of nitrogens with two attached hydrogens (primary N) is 1. The lowest BCUT2D eigenvalue weighted by atomic mass is 9.89. The Morgan fingerprint density at radius 1 is 0.756 bits per heavy atom. The SMILES string of the molecule is Nc1ccc2c(c1)C(c1cc(Nc3ccc(F)cc3CCCCCCCCCC(F)(F)F)cc3nc4ccccc4cc13)C=C2. The first-order chi connectivity index (χ1) is 21.7. The summed E-state index contributed by atoms with van der Waals surface area (Å²) in [6.45, 7) is 0. The van der Waals surface area contributed by atoms with Gasteiger partial charge < -0.3 is 11.1 Å². The van der Waals surface area contributed by atoms with Crippen molar-refractivity contribution < 1.29 is 17.6 Å². The molecule has 1 aliphatic rings. The molecule has 0 spiro atoms. The molecule has 3 N–H and O–H groups in total. The van der Waals surface area contributed by atoms with Gasteiger partial charge in [-0.25, -0.2) is 9.37 Å². The van der Waals surface area contributed by atoms with Crippen LogP contribution in [0.1, 0.15) is 79.5 Å². The molecule has 4 aromatic carbocycles. The van der Waals surface area contributed by atoms with E-state index in [9.17, 15) is 17.6 Å². The highest BCUT2D eigenvalue weighted by Gasteiger charge is 2.26. The Bertz CT molecular complexity index is 1840. The molecule has 5 aromatic rings. The number of alkyl halides is 3. The number of unbranched alkanes of at least 4 members (excludes halogenated alkanes) is 6. The number of aromatic nitrogens is 1. The molecular weight excluding hydrogens is 574 g/mol. The number of halogens is 4. The highest BCUT2D eigenvalue weighted by molar-refractivity contribution is 5.97. The van der Waals surface area contributed by atoms with E-state index < -0.39 is 12.6 Å². The van der Waals surface area contributed by atoms with Gasteiger partial charge in [0, 0.05) is 40.2 Å². The summed E-state index contributed by atoms with van der Waals surface area (Å²) in [5, 5.41) is 5.72. The fourth-order valence-electron chi connectivity index (χ4n) is 6.40. The highest BCUT2D eigenvalue weighted by atomic mass is 19.4. The van der Waals surface area contributed by atoms with E-state index >= 15 is 0 Å². The van der Waals surface area contributed by atoms with Crippen molar-refractivity contribution in [2.24, 2.45) is 0 Å². The molecule has 0 bridgehead atoms. The quantitative estimate of drug-likeness (QED) is 0.0639. The zero-order valence-corrected chi connectivity index (χ0v) is 25.1. The second-order valence-corrected chi connectivity index (χ2v) is 12.1. The van der Waals surface area contributed by atoms with Crippen LogP contribution in [0.25, 0.3) is 27.9 Å². The van der Waals surface area contributed by atoms with Crippen LogP contribution >= 0.6 is 0 Å². The largest absolute Gasteiger partial charge is 0.399 e. The molecule has 232 valence electrons. The molecule has 45 heavy (non-hydrogen) atoms. The van der Waals surface area contributed by atoms with Gasteiger partial charge in [-0.2, -0.15) is 13.2 Å². The minimum atomic E-state index is -4.07. The van der Waals surface area contributed by atoms with Gasteiger partial charge in [0.15, 0.2) is 0 Å². The Morgan fingerprint density at radius 3 is 2.36 bits per heavy atom. The van der Waals surface area contributed by atoms with Crippen LogP contribution in [0.15, 0.2) is 84.9 Å². The Labute approximate surface area is 261 Å². The number of para-hydroxylation sites is 1. The predicted octanol–water partition coefficient (Wildman–Crippen LogP) is 11.2. The second kappa shape index (κ2) is 13.3. The third-order valence-corrected chi connectivity index (χ3v) is 8.67. The molecule has 6 rings (SSSR count). The molecule has 0 amide bonds. The van der Waals surface area contributed by atoms with E-state index in [0.717, 1.165) is 93.2 Å². The summed E-state index contributed by atoms with van der Waals surface area (Å²) < 4.78 is 51.4. The maximum absolute atomic E-state index is 14.4. The second-order valence-electron chi connectivity index (χ2n) is 12.1. The minimum absolute atomic E-state index is 0.0110. The van der Waals surface area contributed by atoms with E-state index in [4.69, 9.17) is 10.7 Å². The van der Waals surface area contributed by atoms with Gasteiger partial charge >= 0.3 is 6.18 Å². The number of hydrogen-bond acceptors (Lipinski definition) is 3. The summed E-state index contributed by atoms with van der Waals surface area (Å²) in [5.74, 6) is -0.269. The zero-order chi connectivity index (χ0) is 31.4. The number of pyridine rings is 1. The molecule has 0 saturated carbocycles. The fraction of sp³-hybridized carbons (Fsp3) is 0.289. The molecule has 0 fully saturated rings. The molecule has 1 unspecified atom stereocenters. The molecule has 7 heteroatoms. The summed E-state index contributed by atoms with van der Waals surface area (Å²) in [6, 6.07) is 25.4. The van der Waals surface area contributed by atoms with Gasteiger partial charge in [-0.05, 0) is 96.1 Å². The van der Waals surface area contributed by atoms with Gasteiger partial charge in [-0.3, -0.25) is 0 Å². The van der Waals surface area contributed by atoms with Crippen molar-refractivity contribution >= 4 is 44.9 Å². The Hall–Kier alpha value is -4.39. The van der Waals surface area contributed by atoms with E-state index in [1.807, 2.05) is 30.3 Å². The molecule has 0 aliphatic heterocycles. The Kier molecular flexibility index (Phi) is 9.06. The van der Waals surface area contributed by atoms with Crippen molar-refractivity contribution in [1.29, 1.82) is 0 Å². The lowest BCUT2D eigenvalue weighted by molar-refractivity contribution is -0.135. The number of fused-ring (bicyclic) bond motifs is 3. The van der Waals surface area contributed by atoms with Crippen molar-refractivity contribution in [2.75, 3.05) is 11.1 Å². The number of hydrogen-bond donors (Lipinski definition) is 2. The number of rotatable bonds is 12. The molecule has 1 heterocycles. The van der Waals surface area contributed by atoms with Crippen LogP contribution in [-0.2, 0) is 6.42 Å². The highest BCUT2D eigenvalue weighted by Crippen LogP contribution is 2.41. The van der Waals surface area contributed by atoms with Gasteiger partial charge in [-0.15, -0.1) is 0 Å². The van der Waals surface area contributed by atoms with Crippen LogP contribution < -0.4 is 11.1 Å². The van der Waals surface area contributed by atoms with Gasteiger partial charge in [-0.1, -0.05) is 68.5 Å². The smallest absolute Gasteiger partial charge is 0.389 e. The van der Waals surface area contributed by atoms with E-state index in [1.165, 1.54) is 6.07 Å². The van der Waals surface area contributed by atoms with Crippen LogP contribution in [0.2, 0.25) is 0 Å². The summed E-state index contributed by atoms with van der Waals surface area (Å²) in [5.41, 5.74) is 14.8. The predicted molar refractivity (Wildman–Crippen MR) is 177 cm³/mol. The van der Waals surface area contributed by atoms with Gasteiger partial charge in [0.05, 0.1) is 11.0 Å². The molecule has 1 atom stereocenters. The molecule has 0 saturated heterocycles. The van der Waals surface area contributed by atoms with Gasteiger partial charge in [0.25, 0.3) is 0 Å². The number of anilines is 3. The standard InChI is InChI=1S/C38H37F4N3/c39-28-15-18-36(26(20-28)10-6-4-2-1-3-5-9-19-38(40,41)42)44-30-23-33(31-17-14-25-13-16-29(43)22-32(25)31)34-21-27-11-7-8-12-35(27)45-37(34)24-30/h7-8,11-18,20-24,31,44H,1-6,9-10,19,43H2. The Balaban J connectivity index is 1.22. The summed E-state index contributed by atoms with van der Waals surface area (Å²) in [6.07, 6.45) is 5.59. The van der Waals surface area contributed by atoms with Crippen molar-refractivity contribution in [3.63, 3.8) is 0 Å². The number of nitrogens with one attached hydrogen (secondary N) is 1. The van der Waals surface area contributed by atoms with E-state index in [-0.39, 0.29) is 18.2 Å². The lowest BCUT2D eigenvalue weighted by Crippen LogP contribution is -2.06. The number of aryl methyl sites for hydroxylation is 1. The molecule has 0 radical (unpaired) electrons. The fourth-order valence-corrected chi connectivity index (χ4v) is 6.40. The van der Waals surface area contributed by atoms with Crippen LogP contribution in [0.5, 0.6) is 0 Å². The lowest BCUT2D eigenvalue weighted by Gasteiger charge is -2.19. The van der Waals surface area contributed by atoms with Crippen LogP contribution in [0.4, 0.5) is 34.6 Å². The third-order valence-electron chi connectivity index (χ3n) is 8.67. The molecular formula is C38H37F4N3. The third kappa shape index (κ3) is 7.47. The zero-order valence-electron chi connectivity index (χ0n) is 25.1. The van der Waals surface area contributed by atoms with E-state index in [0.29, 0.717) is 12.8 Å². The average Bonchev–Trinajstić information content (AvgIpc) is 3.42. The summed E-state index contributed by atoms with van der Waals surface area (Å²) >= 11 is 0. The summed E-state index contributed by atoms with van der Waals surface area (Å²) in [7, 11) is 0. The topological polar surface area (TPSA) is 50.9 Å². The maximum Gasteiger partial charge on any atom is 0.389 e. The first-order valence-corrected chi connectivity index (χ1v) is 15.8. The first kappa shape index (κ1) is 30.6. The van der Waals surface area contributed by atoms with Crippen molar-refractivity contribution in [2.45, 2.75) is 69.9 Å². The van der Waals surface area contributed by atoms with Crippen LogP contribution in [-0.4, -0.2) is 11.2 Å². The van der Waals surface area contributed by atoms with Crippen molar-refractivity contribution in [3.8, 4) is 0 Å². The number of benzene rings is 4. The van der Waals surface area contributed by atoms with Crippen LogP contribution in [0.3, 0.4) is 0 Å². The molecule has 1 aliphatic carbocycles.